The number of benzene rings is 2. The number of hydrogen-bond acceptors (Lipinski definition) is 4. The first-order valence-corrected chi connectivity index (χ1v) is 9.95. The minimum absolute atomic E-state index is 0.745. The molecule has 0 spiro atoms. The zero-order valence-corrected chi connectivity index (χ0v) is 17.0. The molecule has 0 amide bonds. The van der Waals surface area contributed by atoms with Crippen LogP contribution in [0.15, 0.2) is 65.8 Å². The first kappa shape index (κ1) is 19.1. The van der Waals surface area contributed by atoms with Gasteiger partial charge in [-0.1, -0.05) is 24.3 Å². The summed E-state index contributed by atoms with van der Waals surface area (Å²) in [5.74, 6) is 2.87. The topological polar surface area (TPSA) is 53.0 Å². The fourth-order valence-corrected chi connectivity index (χ4v) is 3.71. The van der Waals surface area contributed by atoms with Crippen LogP contribution < -0.4 is 15.0 Å². The maximum atomic E-state index is 5.31. The number of hydrogen-bond donors (Lipinski definition) is 1. The molecule has 2 aromatic carbocycles. The van der Waals surface area contributed by atoms with Crippen LogP contribution in [0.25, 0.3) is 10.8 Å². The average molecular weight is 390 g/mol. The quantitative estimate of drug-likeness (QED) is 0.549. The van der Waals surface area contributed by atoms with Gasteiger partial charge in [-0.2, -0.15) is 0 Å². The molecule has 1 fully saturated rings. The van der Waals surface area contributed by atoms with Crippen molar-refractivity contribution in [2.75, 3.05) is 45.2 Å². The molecule has 1 aliphatic heterocycles. The SMILES string of the molecule is CN=C(NCc1ccc2cc(OC)ccc2c1)N1CCN(c2ccccn2)CC1. The summed E-state index contributed by atoms with van der Waals surface area (Å²) in [4.78, 5) is 13.6. The van der Waals surface area contributed by atoms with Crippen LogP contribution in [0.5, 0.6) is 5.75 Å². The molecule has 29 heavy (non-hydrogen) atoms. The summed E-state index contributed by atoms with van der Waals surface area (Å²) in [6.45, 7) is 4.47. The number of nitrogens with zero attached hydrogens (tertiary/aromatic N) is 4. The number of piperazine rings is 1. The normalized spacial score (nSPS) is 14.9. The number of methoxy groups -OCH3 is 1. The Bertz CT molecular complexity index is 981. The first-order valence-electron chi connectivity index (χ1n) is 9.95. The van der Waals surface area contributed by atoms with E-state index in [9.17, 15) is 0 Å². The number of pyridine rings is 1. The number of ether oxygens (including phenoxy) is 1. The Labute approximate surface area is 171 Å². The lowest BCUT2D eigenvalue weighted by atomic mass is 10.1. The molecule has 1 N–H and O–H groups in total. The van der Waals surface area contributed by atoms with Crippen LogP contribution in [0, 0.1) is 0 Å². The number of fused-ring (bicyclic) bond motifs is 1. The summed E-state index contributed by atoms with van der Waals surface area (Å²) in [5.41, 5.74) is 1.23. The van der Waals surface area contributed by atoms with Gasteiger partial charge < -0.3 is 19.9 Å². The van der Waals surface area contributed by atoms with E-state index in [0.29, 0.717) is 0 Å². The molecule has 150 valence electrons. The fraction of sp³-hybridized carbons (Fsp3) is 0.304. The molecule has 0 radical (unpaired) electrons. The van der Waals surface area contributed by atoms with Gasteiger partial charge in [0.05, 0.1) is 7.11 Å². The maximum absolute atomic E-state index is 5.31. The second-order valence-electron chi connectivity index (χ2n) is 7.11. The van der Waals surface area contributed by atoms with Crippen molar-refractivity contribution in [3.63, 3.8) is 0 Å². The van der Waals surface area contributed by atoms with Crippen LogP contribution in [0.4, 0.5) is 5.82 Å². The zero-order valence-electron chi connectivity index (χ0n) is 17.0. The van der Waals surface area contributed by atoms with E-state index < -0.39 is 0 Å². The molecule has 1 aliphatic rings. The molecule has 0 saturated carbocycles. The van der Waals surface area contributed by atoms with Gasteiger partial charge in [0.1, 0.15) is 11.6 Å². The van der Waals surface area contributed by atoms with Gasteiger partial charge in [-0.15, -0.1) is 0 Å². The third-order valence-corrected chi connectivity index (χ3v) is 5.33. The molecule has 2 heterocycles. The Morgan fingerprint density at radius 1 is 1.03 bits per heavy atom. The summed E-state index contributed by atoms with van der Waals surface area (Å²) in [7, 11) is 3.54. The lowest BCUT2D eigenvalue weighted by molar-refractivity contribution is 0.371. The molecule has 0 unspecified atom stereocenters. The summed E-state index contributed by atoms with van der Waals surface area (Å²) >= 11 is 0. The largest absolute Gasteiger partial charge is 0.497 e. The van der Waals surface area contributed by atoms with Crippen LogP contribution in [0.2, 0.25) is 0 Å². The fourth-order valence-electron chi connectivity index (χ4n) is 3.71. The average Bonchev–Trinajstić information content (AvgIpc) is 2.80. The Balaban J connectivity index is 1.36. The van der Waals surface area contributed by atoms with E-state index in [2.05, 4.69) is 61.5 Å². The molecular formula is C23H27N5O. The number of nitrogens with one attached hydrogen (secondary N) is 1. The predicted molar refractivity (Wildman–Crippen MR) is 119 cm³/mol. The number of rotatable bonds is 4. The van der Waals surface area contributed by atoms with Crippen molar-refractivity contribution < 1.29 is 4.74 Å². The van der Waals surface area contributed by atoms with Crippen molar-refractivity contribution in [1.29, 1.82) is 0 Å². The van der Waals surface area contributed by atoms with Crippen molar-refractivity contribution in [3.8, 4) is 5.75 Å². The highest BCUT2D eigenvalue weighted by atomic mass is 16.5. The third kappa shape index (κ3) is 4.42. The molecule has 6 nitrogen and oxygen atoms in total. The highest BCUT2D eigenvalue weighted by molar-refractivity contribution is 5.85. The smallest absolute Gasteiger partial charge is 0.194 e. The van der Waals surface area contributed by atoms with Crippen LogP contribution in [-0.4, -0.2) is 56.2 Å². The van der Waals surface area contributed by atoms with Crippen LogP contribution in [-0.2, 0) is 6.54 Å². The van der Waals surface area contributed by atoms with Crippen molar-refractivity contribution in [3.05, 3.63) is 66.4 Å². The summed E-state index contributed by atoms with van der Waals surface area (Å²) in [5, 5.41) is 5.91. The molecule has 6 heteroatoms. The number of anilines is 1. The Hall–Kier alpha value is -3.28. The lowest BCUT2D eigenvalue weighted by Crippen LogP contribution is -2.52. The maximum Gasteiger partial charge on any atom is 0.194 e. The minimum Gasteiger partial charge on any atom is -0.497 e. The van der Waals surface area contributed by atoms with Gasteiger partial charge in [-0.05, 0) is 46.7 Å². The van der Waals surface area contributed by atoms with Crippen LogP contribution >= 0.6 is 0 Å². The molecular weight excluding hydrogens is 362 g/mol. The van der Waals surface area contributed by atoms with E-state index in [1.165, 1.54) is 16.3 Å². The van der Waals surface area contributed by atoms with Crippen LogP contribution in [0.1, 0.15) is 5.56 Å². The Morgan fingerprint density at radius 2 is 1.83 bits per heavy atom. The highest BCUT2D eigenvalue weighted by Gasteiger charge is 2.20. The second kappa shape index (κ2) is 8.82. The van der Waals surface area contributed by atoms with Gasteiger partial charge in [0.15, 0.2) is 5.96 Å². The van der Waals surface area contributed by atoms with Crippen molar-refractivity contribution in [2.45, 2.75) is 6.54 Å². The Kier molecular flexibility index (Phi) is 5.79. The van der Waals surface area contributed by atoms with Crippen molar-refractivity contribution in [2.24, 2.45) is 4.99 Å². The van der Waals surface area contributed by atoms with E-state index in [1.807, 2.05) is 31.4 Å². The number of aliphatic imine (C=N–C) groups is 1. The standard InChI is InChI=1S/C23H27N5O/c1-24-23(28-13-11-27(12-14-28)22-5-3-4-10-25-22)26-17-18-6-7-20-16-21(29-2)9-8-19(20)15-18/h3-10,15-16H,11-14,17H2,1-2H3,(H,24,26). The lowest BCUT2D eigenvalue weighted by Gasteiger charge is -2.37. The van der Waals surface area contributed by atoms with Gasteiger partial charge in [0, 0.05) is 46.0 Å². The van der Waals surface area contributed by atoms with Crippen LogP contribution in [0.3, 0.4) is 0 Å². The summed E-state index contributed by atoms with van der Waals surface area (Å²) in [6, 6.07) is 18.7. The van der Waals surface area contributed by atoms with E-state index in [-0.39, 0.29) is 0 Å². The first-order chi connectivity index (χ1) is 14.3. The second-order valence-corrected chi connectivity index (χ2v) is 7.11. The monoisotopic (exact) mass is 389 g/mol. The van der Waals surface area contributed by atoms with Gasteiger partial charge in [0.25, 0.3) is 0 Å². The number of guanidine groups is 1. The molecule has 1 saturated heterocycles. The number of aromatic nitrogens is 1. The molecule has 0 aliphatic carbocycles. The van der Waals surface area contributed by atoms with Gasteiger partial charge in [-0.25, -0.2) is 4.98 Å². The molecule has 0 bridgehead atoms. The Morgan fingerprint density at radius 3 is 2.55 bits per heavy atom. The molecule has 3 aromatic rings. The summed E-state index contributed by atoms with van der Waals surface area (Å²) in [6.07, 6.45) is 1.85. The van der Waals surface area contributed by atoms with E-state index in [1.54, 1.807) is 7.11 Å². The van der Waals surface area contributed by atoms with E-state index >= 15 is 0 Å². The highest BCUT2D eigenvalue weighted by Crippen LogP contribution is 2.22. The summed E-state index contributed by atoms with van der Waals surface area (Å²) < 4.78 is 5.31. The van der Waals surface area contributed by atoms with E-state index in [0.717, 1.165) is 50.3 Å². The van der Waals surface area contributed by atoms with Gasteiger partial charge in [0.2, 0.25) is 0 Å². The predicted octanol–water partition coefficient (Wildman–Crippen LogP) is 3.14. The third-order valence-electron chi connectivity index (χ3n) is 5.33. The minimum atomic E-state index is 0.745. The van der Waals surface area contributed by atoms with Crippen molar-refractivity contribution >= 4 is 22.5 Å². The zero-order chi connectivity index (χ0) is 20.1. The van der Waals surface area contributed by atoms with E-state index in [4.69, 9.17) is 4.74 Å². The molecule has 0 atom stereocenters. The molecule has 4 rings (SSSR count). The molecule has 1 aromatic heterocycles. The van der Waals surface area contributed by atoms with Crippen molar-refractivity contribution in [1.82, 2.24) is 15.2 Å². The van der Waals surface area contributed by atoms with Gasteiger partial charge in [-0.3, -0.25) is 4.99 Å². The van der Waals surface area contributed by atoms with Gasteiger partial charge >= 0.3 is 0 Å².